The smallest absolute Gasteiger partial charge is 0.339 e. The summed E-state index contributed by atoms with van der Waals surface area (Å²) in [5.74, 6) is 0.0208. The molecular formula is C20H20ClN3O4S2. The van der Waals surface area contributed by atoms with Crippen molar-refractivity contribution in [1.82, 2.24) is 5.32 Å². The summed E-state index contributed by atoms with van der Waals surface area (Å²) in [5.41, 5.74) is 1.18. The quantitative estimate of drug-likeness (QED) is 0.376. The Morgan fingerprint density at radius 3 is 2.77 bits per heavy atom. The maximum atomic E-state index is 12.6. The molecule has 1 aliphatic rings. The van der Waals surface area contributed by atoms with E-state index in [1.807, 2.05) is 6.92 Å². The number of rotatable bonds is 7. The number of carbonyl (C=O) groups is 1. The lowest BCUT2D eigenvalue weighted by atomic mass is 10.2. The molecule has 1 amide bonds. The van der Waals surface area contributed by atoms with E-state index in [0.29, 0.717) is 15.8 Å². The van der Waals surface area contributed by atoms with Crippen molar-refractivity contribution in [3.05, 3.63) is 58.6 Å². The van der Waals surface area contributed by atoms with Gasteiger partial charge < -0.3 is 9.50 Å². The average molecular weight is 466 g/mol. The van der Waals surface area contributed by atoms with Gasteiger partial charge in [0, 0.05) is 10.6 Å². The standard InChI is InChI=1S/C20H20ClN3O4S2/c1-3-6-18-19(25)23-20(29-18)24-22-12-14-7-4-5-8-17(14)28-30(26,27)15-10-9-13(2)16(21)11-15/h4-5,7-12,18H,3,6H2,1-2H3,(H,23,24,25)/b22-12+. The van der Waals surface area contributed by atoms with Gasteiger partial charge >= 0.3 is 10.1 Å². The van der Waals surface area contributed by atoms with Crippen LogP contribution in [0.5, 0.6) is 5.75 Å². The third-order valence-electron chi connectivity index (χ3n) is 4.22. The van der Waals surface area contributed by atoms with E-state index < -0.39 is 10.1 Å². The second-order valence-corrected chi connectivity index (χ2v) is 9.67. The largest absolute Gasteiger partial charge is 0.378 e. The number of amides is 1. The Morgan fingerprint density at radius 1 is 1.27 bits per heavy atom. The summed E-state index contributed by atoms with van der Waals surface area (Å²) in [4.78, 5) is 11.8. The van der Waals surface area contributed by atoms with E-state index in [9.17, 15) is 13.2 Å². The molecule has 0 aliphatic carbocycles. The molecule has 3 rings (SSSR count). The van der Waals surface area contributed by atoms with Gasteiger partial charge in [-0.2, -0.15) is 13.5 Å². The van der Waals surface area contributed by atoms with Crippen molar-refractivity contribution in [2.45, 2.75) is 36.8 Å². The number of hydrogen-bond donors (Lipinski definition) is 1. The Bertz CT molecular complexity index is 1120. The van der Waals surface area contributed by atoms with Gasteiger partial charge in [0.05, 0.1) is 11.5 Å². The van der Waals surface area contributed by atoms with Crippen LogP contribution in [0.2, 0.25) is 5.02 Å². The molecule has 158 valence electrons. The molecule has 10 heteroatoms. The monoisotopic (exact) mass is 465 g/mol. The van der Waals surface area contributed by atoms with E-state index >= 15 is 0 Å². The molecule has 1 aliphatic heterocycles. The van der Waals surface area contributed by atoms with Gasteiger partial charge in [-0.3, -0.25) is 4.79 Å². The Hall–Kier alpha value is -2.36. The van der Waals surface area contributed by atoms with E-state index in [1.54, 1.807) is 31.2 Å². The minimum absolute atomic E-state index is 0.0443. The van der Waals surface area contributed by atoms with Crippen molar-refractivity contribution < 1.29 is 17.4 Å². The first kappa shape index (κ1) is 22.3. The maximum Gasteiger partial charge on any atom is 0.339 e. The molecule has 1 saturated heterocycles. The minimum Gasteiger partial charge on any atom is -0.378 e. The number of aryl methyl sites for hydroxylation is 1. The van der Waals surface area contributed by atoms with Crippen molar-refractivity contribution in [3.63, 3.8) is 0 Å². The zero-order chi connectivity index (χ0) is 21.7. The van der Waals surface area contributed by atoms with Crippen LogP contribution in [0.25, 0.3) is 0 Å². The van der Waals surface area contributed by atoms with Gasteiger partial charge in [-0.15, -0.1) is 5.10 Å². The van der Waals surface area contributed by atoms with E-state index in [0.717, 1.165) is 18.4 Å². The molecule has 1 unspecified atom stereocenters. The molecule has 0 radical (unpaired) electrons. The number of nitrogens with one attached hydrogen (secondary N) is 1. The van der Waals surface area contributed by atoms with Gasteiger partial charge in [-0.1, -0.05) is 54.9 Å². The Kier molecular flexibility index (Phi) is 7.17. The van der Waals surface area contributed by atoms with Crippen LogP contribution < -0.4 is 9.50 Å². The summed E-state index contributed by atoms with van der Waals surface area (Å²) < 4.78 is 30.6. The van der Waals surface area contributed by atoms with Crippen molar-refractivity contribution in [3.8, 4) is 5.75 Å². The second kappa shape index (κ2) is 9.63. The fourth-order valence-corrected chi connectivity index (χ4v) is 4.88. The average Bonchev–Trinajstić information content (AvgIpc) is 3.04. The highest BCUT2D eigenvalue weighted by Crippen LogP contribution is 2.26. The maximum absolute atomic E-state index is 12.6. The minimum atomic E-state index is -4.08. The number of amidine groups is 1. The van der Waals surface area contributed by atoms with Gasteiger partial charge in [-0.05, 0) is 43.2 Å². The first-order valence-corrected chi connectivity index (χ1v) is 11.8. The van der Waals surface area contributed by atoms with Crippen molar-refractivity contribution in [2.24, 2.45) is 10.2 Å². The fraction of sp³-hybridized carbons (Fsp3) is 0.250. The van der Waals surface area contributed by atoms with E-state index in [2.05, 4.69) is 15.5 Å². The lowest BCUT2D eigenvalue weighted by Gasteiger charge is -2.10. The van der Waals surface area contributed by atoms with Gasteiger partial charge in [0.1, 0.15) is 4.90 Å². The highest BCUT2D eigenvalue weighted by Gasteiger charge is 2.29. The van der Waals surface area contributed by atoms with Crippen LogP contribution in [0, 0.1) is 6.92 Å². The SMILES string of the molecule is CCCC1S/C(=N\N=C\c2ccccc2OS(=O)(=O)c2ccc(C)c(Cl)c2)NC1=O. The van der Waals surface area contributed by atoms with Crippen LogP contribution in [-0.4, -0.2) is 31.0 Å². The summed E-state index contributed by atoms with van der Waals surface area (Å²) in [6, 6.07) is 10.9. The molecule has 1 N–H and O–H groups in total. The molecule has 30 heavy (non-hydrogen) atoms. The van der Waals surface area contributed by atoms with Crippen LogP contribution in [0.15, 0.2) is 57.6 Å². The van der Waals surface area contributed by atoms with Crippen LogP contribution in [0.4, 0.5) is 0 Å². The highest BCUT2D eigenvalue weighted by molar-refractivity contribution is 8.15. The third-order valence-corrected chi connectivity index (χ3v) is 7.00. The molecule has 0 saturated carbocycles. The highest BCUT2D eigenvalue weighted by atomic mass is 35.5. The molecule has 0 spiro atoms. The van der Waals surface area contributed by atoms with Crippen LogP contribution in [0.1, 0.15) is 30.9 Å². The first-order chi connectivity index (χ1) is 14.3. The fourth-order valence-electron chi connectivity index (χ4n) is 2.61. The van der Waals surface area contributed by atoms with E-state index in [-0.39, 0.29) is 21.8 Å². The molecule has 1 heterocycles. The number of thioether (sulfide) groups is 1. The Morgan fingerprint density at radius 2 is 2.03 bits per heavy atom. The molecule has 1 atom stereocenters. The number of carbonyl (C=O) groups excluding carboxylic acids is 1. The number of hydrogen-bond acceptors (Lipinski definition) is 7. The lowest BCUT2D eigenvalue weighted by Crippen LogP contribution is -2.24. The molecule has 0 aromatic heterocycles. The van der Waals surface area contributed by atoms with Gasteiger partial charge in [0.2, 0.25) is 5.91 Å². The zero-order valence-electron chi connectivity index (χ0n) is 16.3. The van der Waals surface area contributed by atoms with E-state index in [1.165, 1.54) is 36.2 Å². The van der Waals surface area contributed by atoms with Crippen molar-refractivity contribution in [2.75, 3.05) is 0 Å². The number of halogens is 1. The summed E-state index contributed by atoms with van der Waals surface area (Å²) >= 11 is 7.37. The molecule has 0 bridgehead atoms. The topological polar surface area (TPSA) is 97.2 Å². The zero-order valence-corrected chi connectivity index (χ0v) is 18.7. The summed E-state index contributed by atoms with van der Waals surface area (Å²) in [5, 5.41) is 11.3. The second-order valence-electron chi connectivity index (χ2n) is 6.52. The molecular weight excluding hydrogens is 446 g/mol. The Balaban J connectivity index is 1.78. The van der Waals surface area contributed by atoms with Crippen LogP contribution >= 0.6 is 23.4 Å². The normalized spacial score (nSPS) is 18.2. The number of nitrogens with zero attached hydrogens (tertiary/aromatic N) is 2. The van der Waals surface area contributed by atoms with Crippen molar-refractivity contribution >= 4 is 50.8 Å². The van der Waals surface area contributed by atoms with Crippen LogP contribution in [-0.2, 0) is 14.9 Å². The first-order valence-electron chi connectivity index (χ1n) is 9.18. The Labute approximate surface area is 184 Å². The molecule has 2 aromatic rings. The van der Waals surface area contributed by atoms with Crippen LogP contribution in [0.3, 0.4) is 0 Å². The van der Waals surface area contributed by atoms with Crippen molar-refractivity contribution in [1.29, 1.82) is 0 Å². The third kappa shape index (κ3) is 5.41. The predicted octanol–water partition coefficient (Wildman–Crippen LogP) is 4.14. The number of benzene rings is 2. The van der Waals surface area contributed by atoms with Gasteiger partial charge in [0.25, 0.3) is 0 Å². The van der Waals surface area contributed by atoms with E-state index in [4.69, 9.17) is 15.8 Å². The predicted molar refractivity (Wildman–Crippen MR) is 120 cm³/mol. The van der Waals surface area contributed by atoms with Gasteiger partial charge in [-0.25, -0.2) is 0 Å². The summed E-state index contributed by atoms with van der Waals surface area (Å²) in [6.07, 6.45) is 3.03. The summed E-state index contributed by atoms with van der Waals surface area (Å²) in [6.45, 7) is 3.79. The molecule has 1 fully saturated rings. The number of para-hydroxylation sites is 1. The molecule has 7 nitrogen and oxygen atoms in total. The lowest BCUT2D eigenvalue weighted by molar-refractivity contribution is -0.118. The molecule has 2 aromatic carbocycles. The van der Waals surface area contributed by atoms with Gasteiger partial charge in [0.15, 0.2) is 10.9 Å². The summed E-state index contributed by atoms with van der Waals surface area (Å²) in [7, 11) is -4.08.